The van der Waals surface area contributed by atoms with Gasteiger partial charge in [0.15, 0.2) is 0 Å². The zero-order valence-corrected chi connectivity index (χ0v) is 5.74. The molecular formula is C6H5F3N2. The summed E-state index contributed by atoms with van der Waals surface area (Å²) in [4.78, 5) is 0. The van der Waals surface area contributed by atoms with Crippen molar-refractivity contribution < 1.29 is 13.2 Å². The van der Waals surface area contributed by atoms with Crippen molar-refractivity contribution in [3.63, 3.8) is 0 Å². The summed E-state index contributed by atoms with van der Waals surface area (Å²) < 4.78 is 36.5. The lowest BCUT2D eigenvalue weighted by molar-refractivity contribution is -0.138. The van der Waals surface area contributed by atoms with Crippen molar-refractivity contribution in [1.29, 1.82) is 0 Å². The van der Waals surface area contributed by atoms with Crippen LogP contribution in [0.2, 0.25) is 0 Å². The molecule has 0 atom stereocenters. The Hall–Kier alpha value is -1.00. The van der Waals surface area contributed by atoms with Crippen LogP contribution in [0, 0.1) is 12.4 Å². The van der Waals surface area contributed by atoms with E-state index in [9.17, 15) is 13.2 Å². The molecule has 60 valence electrons. The minimum atomic E-state index is -4.38. The van der Waals surface area contributed by atoms with Gasteiger partial charge in [0.2, 0.25) is 0 Å². The van der Waals surface area contributed by atoms with Gasteiger partial charge >= 0.3 is 6.18 Å². The van der Waals surface area contributed by atoms with Crippen LogP contribution in [0.15, 0.2) is 0 Å². The lowest BCUT2D eigenvalue weighted by atomic mass is 10.4. The lowest BCUT2D eigenvalue weighted by Gasteiger charge is -1.98. The second-order valence-corrected chi connectivity index (χ2v) is 1.91. The highest BCUT2D eigenvalue weighted by Gasteiger charge is 2.32. The minimum absolute atomic E-state index is 0.368. The van der Waals surface area contributed by atoms with E-state index in [0.717, 1.165) is 4.68 Å². The van der Waals surface area contributed by atoms with Gasteiger partial charge < -0.3 is 0 Å². The van der Waals surface area contributed by atoms with Gasteiger partial charge in [-0.1, -0.05) is 0 Å². The Morgan fingerprint density at radius 1 is 1.55 bits per heavy atom. The summed E-state index contributed by atoms with van der Waals surface area (Å²) in [5, 5.41) is 3.32. The van der Waals surface area contributed by atoms with Crippen LogP contribution in [-0.2, 0) is 12.7 Å². The molecule has 0 aliphatic carbocycles. The van der Waals surface area contributed by atoms with Crippen LogP contribution in [0.25, 0.3) is 0 Å². The van der Waals surface area contributed by atoms with Gasteiger partial charge in [0.25, 0.3) is 0 Å². The Kier molecular flexibility index (Phi) is 1.89. The average Bonchev–Trinajstić information content (AvgIpc) is 2.32. The van der Waals surface area contributed by atoms with Crippen molar-refractivity contribution in [2.75, 3.05) is 0 Å². The second-order valence-electron chi connectivity index (χ2n) is 1.91. The first-order valence-electron chi connectivity index (χ1n) is 2.99. The number of halogens is 3. The van der Waals surface area contributed by atoms with Gasteiger partial charge in [-0.3, -0.25) is 4.68 Å². The smallest absolute Gasteiger partial charge is 0.262 e. The van der Waals surface area contributed by atoms with Crippen molar-refractivity contribution in [1.82, 2.24) is 9.78 Å². The zero-order chi connectivity index (χ0) is 8.48. The Balaban J connectivity index is 2.89. The van der Waals surface area contributed by atoms with Gasteiger partial charge in [-0.2, -0.15) is 18.3 Å². The first-order valence-corrected chi connectivity index (χ1v) is 2.99. The van der Waals surface area contributed by atoms with Crippen molar-refractivity contribution in [3.8, 4) is 0 Å². The minimum Gasteiger partial charge on any atom is -0.262 e. The first-order chi connectivity index (χ1) is 5.04. The number of alkyl halides is 3. The molecule has 0 fully saturated rings. The fourth-order valence-corrected chi connectivity index (χ4v) is 0.566. The maximum atomic E-state index is 11.8. The largest absolute Gasteiger partial charge is 0.420 e. The Morgan fingerprint density at radius 2 is 2.18 bits per heavy atom. The predicted molar refractivity (Wildman–Crippen MR) is 30.6 cm³/mol. The maximum absolute atomic E-state index is 11.8. The third-order valence-electron chi connectivity index (χ3n) is 1.11. The lowest BCUT2D eigenvalue weighted by Crippen LogP contribution is -2.03. The summed E-state index contributed by atoms with van der Waals surface area (Å²) in [7, 11) is 0. The number of aromatic nitrogens is 2. The quantitative estimate of drug-likeness (QED) is 0.612. The fourth-order valence-electron chi connectivity index (χ4n) is 0.566. The second kappa shape index (κ2) is 2.56. The molecule has 1 heterocycles. The number of aryl methyl sites for hydroxylation is 1. The summed E-state index contributed by atoms with van der Waals surface area (Å²) in [6, 6.07) is 0. The van der Waals surface area contributed by atoms with E-state index in [1.807, 2.05) is 12.4 Å². The highest BCUT2D eigenvalue weighted by Crippen LogP contribution is 2.27. The number of rotatable bonds is 1. The van der Waals surface area contributed by atoms with Crippen LogP contribution in [-0.4, -0.2) is 9.78 Å². The molecule has 0 N–H and O–H groups in total. The van der Waals surface area contributed by atoms with Crippen LogP contribution >= 0.6 is 0 Å². The third kappa shape index (κ3) is 1.72. The molecule has 0 aliphatic heterocycles. The normalized spacial score (nSPS) is 12.0. The van der Waals surface area contributed by atoms with E-state index < -0.39 is 11.7 Å². The van der Waals surface area contributed by atoms with Crippen molar-refractivity contribution >= 4 is 0 Å². The summed E-state index contributed by atoms with van der Waals surface area (Å²) in [5.74, 6) is 0. The third-order valence-corrected chi connectivity index (χ3v) is 1.11. The molecule has 11 heavy (non-hydrogen) atoms. The molecule has 0 aliphatic rings. The summed E-state index contributed by atoms with van der Waals surface area (Å²) in [6.07, 6.45) is -0.525. The van der Waals surface area contributed by atoms with Gasteiger partial charge in [-0.25, -0.2) is 0 Å². The fraction of sp³-hybridized carbons (Fsp3) is 0.500. The SMILES string of the molecule is CCn1[c]c(C(F)(F)F)[c]n1. The molecule has 0 unspecified atom stereocenters. The standard InChI is InChI=1S/C6H5F3N2/c1-2-11-4-5(3-10-11)6(7,8)9/h2H2,1H3. The van der Waals surface area contributed by atoms with Crippen LogP contribution in [0.4, 0.5) is 13.2 Å². The molecule has 0 amide bonds. The number of nitrogens with zero attached hydrogens (tertiary/aromatic N) is 2. The van der Waals surface area contributed by atoms with E-state index >= 15 is 0 Å². The van der Waals surface area contributed by atoms with Crippen LogP contribution < -0.4 is 0 Å². The maximum Gasteiger partial charge on any atom is 0.420 e. The highest BCUT2D eigenvalue weighted by atomic mass is 19.4. The zero-order valence-electron chi connectivity index (χ0n) is 5.74. The Labute approximate surface area is 61.6 Å². The van der Waals surface area contributed by atoms with Crippen molar-refractivity contribution in [3.05, 3.63) is 18.0 Å². The van der Waals surface area contributed by atoms with E-state index in [1.54, 1.807) is 6.92 Å². The molecule has 2 radical (unpaired) electrons. The van der Waals surface area contributed by atoms with E-state index in [4.69, 9.17) is 0 Å². The van der Waals surface area contributed by atoms with Crippen molar-refractivity contribution in [2.45, 2.75) is 19.6 Å². The van der Waals surface area contributed by atoms with Gasteiger partial charge in [-0.15, -0.1) is 0 Å². The topological polar surface area (TPSA) is 17.8 Å². The van der Waals surface area contributed by atoms with E-state index in [1.165, 1.54) is 0 Å². The summed E-state index contributed by atoms with van der Waals surface area (Å²) >= 11 is 0. The van der Waals surface area contributed by atoms with E-state index in [-0.39, 0.29) is 0 Å². The molecule has 0 bridgehead atoms. The molecule has 0 saturated carbocycles. The van der Waals surface area contributed by atoms with Gasteiger partial charge in [0.05, 0.1) is 6.20 Å². The predicted octanol–water partition coefficient (Wildman–Crippen LogP) is 1.52. The number of hydrogen-bond donors (Lipinski definition) is 0. The molecular weight excluding hydrogens is 157 g/mol. The number of hydrogen-bond acceptors (Lipinski definition) is 1. The Bertz CT molecular complexity index is 238. The monoisotopic (exact) mass is 162 g/mol. The van der Waals surface area contributed by atoms with E-state index in [2.05, 4.69) is 5.10 Å². The van der Waals surface area contributed by atoms with Crippen LogP contribution in [0.3, 0.4) is 0 Å². The van der Waals surface area contributed by atoms with Gasteiger partial charge in [0, 0.05) is 6.54 Å². The Morgan fingerprint density at radius 3 is 2.45 bits per heavy atom. The molecule has 1 aromatic rings. The highest BCUT2D eigenvalue weighted by molar-refractivity contribution is 5.04. The summed E-state index contributed by atoms with van der Waals surface area (Å²) in [6.45, 7) is 2.05. The molecule has 0 spiro atoms. The molecule has 1 aromatic heterocycles. The molecule has 0 saturated heterocycles. The van der Waals surface area contributed by atoms with Crippen LogP contribution in [0.1, 0.15) is 12.5 Å². The molecule has 0 aromatic carbocycles. The van der Waals surface area contributed by atoms with Gasteiger partial charge in [-0.05, 0) is 6.92 Å². The summed E-state index contributed by atoms with van der Waals surface area (Å²) in [5.41, 5.74) is -0.945. The van der Waals surface area contributed by atoms with E-state index in [0.29, 0.717) is 6.54 Å². The molecule has 1 rings (SSSR count). The molecule has 5 heteroatoms. The van der Waals surface area contributed by atoms with Crippen molar-refractivity contribution in [2.24, 2.45) is 0 Å². The van der Waals surface area contributed by atoms with Crippen LogP contribution in [0.5, 0.6) is 0 Å². The average molecular weight is 162 g/mol. The first kappa shape index (κ1) is 8.10. The van der Waals surface area contributed by atoms with Gasteiger partial charge in [0.1, 0.15) is 11.8 Å². The molecule has 2 nitrogen and oxygen atoms in total.